The predicted octanol–water partition coefficient (Wildman–Crippen LogP) is 1.80. The van der Waals surface area contributed by atoms with Crippen LogP contribution in [0.1, 0.15) is 12.5 Å². The molecule has 2 heterocycles. The molecule has 1 unspecified atom stereocenters. The lowest BCUT2D eigenvalue weighted by atomic mass is 9.98. The fourth-order valence-corrected chi connectivity index (χ4v) is 3.17. The number of rotatable bonds is 2. The van der Waals surface area contributed by atoms with Crippen molar-refractivity contribution in [3.8, 4) is 0 Å². The molecule has 2 aliphatic rings. The van der Waals surface area contributed by atoms with Crippen molar-refractivity contribution >= 4 is 11.8 Å². The van der Waals surface area contributed by atoms with Crippen LogP contribution in [0.25, 0.3) is 0 Å². The summed E-state index contributed by atoms with van der Waals surface area (Å²) in [4.78, 5) is 16.0. The van der Waals surface area contributed by atoms with Gasteiger partial charge in [0.05, 0.1) is 6.61 Å². The van der Waals surface area contributed by atoms with Crippen molar-refractivity contribution in [3.05, 3.63) is 29.8 Å². The predicted molar refractivity (Wildman–Crippen MR) is 82.6 cm³/mol. The average Bonchev–Trinajstić information content (AvgIpc) is 2.55. The first-order valence-electron chi connectivity index (χ1n) is 7.75. The minimum atomic E-state index is -0.177. The number of anilines is 1. The summed E-state index contributed by atoms with van der Waals surface area (Å²) in [7, 11) is 0. The zero-order chi connectivity index (χ0) is 14.7. The molecule has 2 aliphatic heterocycles. The number of ether oxygens (including phenoxy) is 1. The molecule has 114 valence electrons. The third-order valence-corrected chi connectivity index (χ3v) is 4.36. The lowest BCUT2D eigenvalue weighted by Gasteiger charge is -2.40. The molecule has 0 bridgehead atoms. The Balaban J connectivity index is 1.55. The van der Waals surface area contributed by atoms with E-state index in [4.69, 9.17) is 4.74 Å². The lowest BCUT2D eigenvalue weighted by molar-refractivity contribution is 0.0673. The summed E-state index contributed by atoms with van der Waals surface area (Å²) in [6, 6.07) is 9.03. The molecule has 0 radical (unpaired) electrons. The first-order chi connectivity index (χ1) is 10.3. The highest BCUT2D eigenvalue weighted by atomic mass is 16.6. The van der Waals surface area contributed by atoms with E-state index in [1.165, 1.54) is 11.3 Å². The van der Waals surface area contributed by atoms with E-state index in [9.17, 15) is 4.79 Å². The molecule has 5 nitrogen and oxygen atoms in total. The number of nitrogens with zero attached hydrogens (tertiary/aromatic N) is 2. The quantitative estimate of drug-likeness (QED) is 0.901. The Morgan fingerprint density at radius 3 is 2.81 bits per heavy atom. The highest BCUT2D eigenvalue weighted by Crippen LogP contribution is 2.24. The molecule has 0 aromatic heterocycles. The van der Waals surface area contributed by atoms with Crippen LogP contribution in [0.3, 0.4) is 0 Å². The number of nitrogens with one attached hydrogen (secondary N) is 1. The van der Waals surface area contributed by atoms with Crippen molar-refractivity contribution in [2.45, 2.75) is 19.4 Å². The number of hydrogen-bond donors (Lipinski definition) is 1. The number of amides is 1. The van der Waals surface area contributed by atoms with E-state index in [0.29, 0.717) is 12.6 Å². The third kappa shape index (κ3) is 3.13. The number of piperazine rings is 1. The van der Waals surface area contributed by atoms with Crippen molar-refractivity contribution in [2.75, 3.05) is 44.6 Å². The Kier molecular flexibility index (Phi) is 4.29. The van der Waals surface area contributed by atoms with E-state index in [-0.39, 0.29) is 6.09 Å². The zero-order valence-corrected chi connectivity index (χ0v) is 12.5. The first-order valence-corrected chi connectivity index (χ1v) is 7.75. The topological polar surface area (TPSA) is 44.8 Å². The number of fused-ring (bicyclic) bond motifs is 1. The van der Waals surface area contributed by atoms with Gasteiger partial charge in [0, 0.05) is 44.5 Å². The molecule has 1 aromatic rings. The summed E-state index contributed by atoms with van der Waals surface area (Å²) in [6.07, 6.45) is 0.909. The summed E-state index contributed by atoms with van der Waals surface area (Å²) in [5.41, 5.74) is 2.65. The second-order valence-corrected chi connectivity index (χ2v) is 5.62. The zero-order valence-electron chi connectivity index (χ0n) is 12.5. The highest BCUT2D eigenvalue weighted by molar-refractivity contribution is 5.67. The summed E-state index contributed by atoms with van der Waals surface area (Å²) >= 11 is 0. The molecule has 1 atom stereocenters. The van der Waals surface area contributed by atoms with Crippen LogP contribution in [-0.4, -0.2) is 61.3 Å². The van der Waals surface area contributed by atoms with Crippen LogP contribution < -0.4 is 5.32 Å². The maximum absolute atomic E-state index is 11.7. The van der Waals surface area contributed by atoms with Gasteiger partial charge in [-0.25, -0.2) is 4.79 Å². The third-order valence-electron chi connectivity index (χ3n) is 4.36. The Morgan fingerprint density at radius 2 is 2.05 bits per heavy atom. The van der Waals surface area contributed by atoms with Gasteiger partial charge in [-0.1, -0.05) is 18.2 Å². The molecule has 1 aromatic carbocycles. The van der Waals surface area contributed by atoms with Crippen molar-refractivity contribution in [3.63, 3.8) is 0 Å². The normalized spacial score (nSPS) is 22.3. The van der Waals surface area contributed by atoms with E-state index in [1.54, 1.807) is 0 Å². The largest absolute Gasteiger partial charge is 0.450 e. The van der Waals surface area contributed by atoms with E-state index < -0.39 is 0 Å². The van der Waals surface area contributed by atoms with Gasteiger partial charge in [0.25, 0.3) is 0 Å². The number of para-hydroxylation sites is 1. The van der Waals surface area contributed by atoms with Crippen molar-refractivity contribution in [1.29, 1.82) is 0 Å². The number of hydrogen-bond acceptors (Lipinski definition) is 4. The van der Waals surface area contributed by atoms with Gasteiger partial charge in [-0.3, -0.25) is 4.90 Å². The molecule has 21 heavy (non-hydrogen) atoms. The first kappa shape index (κ1) is 14.2. The Bertz CT molecular complexity index is 498. The smallest absolute Gasteiger partial charge is 0.409 e. The van der Waals surface area contributed by atoms with Gasteiger partial charge in [-0.2, -0.15) is 0 Å². The Labute approximate surface area is 125 Å². The van der Waals surface area contributed by atoms with Crippen LogP contribution in [0, 0.1) is 0 Å². The molecule has 0 spiro atoms. The minimum absolute atomic E-state index is 0.177. The Morgan fingerprint density at radius 1 is 1.29 bits per heavy atom. The van der Waals surface area contributed by atoms with Gasteiger partial charge in [-0.15, -0.1) is 0 Å². The molecular formula is C16H23N3O2. The fraction of sp³-hybridized carbons (Fsp3) is 0.562. The molecule has 1 saturated heterocycles. The van der Waals surface area contributed by atoms with Crippen LogP contribution >= 0.6 is 0 Å². The van der Waals surface area contributed by atoms with Crippen LogP contribution in [-0.2, 0) is 11.2 Å². The van der Waals surface area contributed by atoms with Crippen LogP contribution in [0.5, 0.6) is 0 Å². The summed E-state index contributed by atoms with van der Waals surface area (Å²) < 4.78 is 5.06. The maximum Gasteiger partial charge on any atom is 0.409 e. The van der Waals surface area contributed by atoms with E-state index >= 15 is 0 Å². The monoisotopic (exact) mass is 289 g/mol. The minimum Gasteiger partial charge on any atom is -0.450 e. The fourth-order valence-electron chi connectivity index (χ4n) is 3.17. The molecule has 1 amide bonds. The van der Waals surface area contributed by atoms with Crippen LogP contribution in [0.4, 0.5) is 10.5 Å². The van der Waals surface area contributed by atoms with Crippen LogP contribution in [0.15, 0.2) is 24.3 Å². The van der Waals surface area contributed by atoms with E-state index in [0.717, 1.165) is 39.1 Å². The van der Waals surface area contributed by atoms with Gasteiger partial charge < -0.3 is 15.0 Å². The maximum atomic E-state index is 11.7. The summed E-state index contributed by atoms with van der Waals surface area (Å²) in [5, 5.41) is 3.52. The Hall–Kier alpha value is -1.75. The second kappa shape index (κ2) is 6.35. The van der Waals surface area contributed by atoms with Gasteiger partial charge >= 0.3 is 6.09 Å². The SMILES string of the molecule is CCOC(=O)N1CCN(C2CNc3ccccc3C2)CC1. The standard InChI is InChI=1S/C16H23N3O2/c1-2-21-16(20)19-9-7-18(8-10-19)14-11-13-5-3-4-6-15(13)17-12-14/h3-6,14,17H,2,7-12H2,1H3. The van der Waals surface area contributed by atoms with Gasteiger partial charge in [0.15, 0.2) is 0 Å². The number of carbonyl (C=O) groups excluding carboxylic acids is 1. The van der Waals surface area contributed by atoms with Gasteiger partial charge in [-0.05, 0) is 25.0 Å². The van der Waals surface area contributed by atoms with Crippen molar-refractivity contribution in [1.82, 2.24) is 9.80 Å². The van der Waals surface area contributed by atoms with Gasteiger partial charge in [0.2, 0.25) is 0 Å². The number of benzene rings is 1. The molecule has 0 saturated carbocycles. The van der Waals surface area contributed by atoms with E-state index in [1.807, 2.05) is 11.8 Å². The lowest BCUT2D eigenvalue weighted by Crippen LogP contribution is -2.54. The van der Waals surface area contributed by atoms with E-state index in [2.05, 4.69) is 34.5 Å². The second-order valence-electron chi connectivity index (χ2n) is 5.62. The molecule has 5 heteroatoms. The van der Waals surface area contributed by atoms with Crippen LogP contribution in [0.2, 0.25) is 0 Å². The molecule has 1 N–H and O–H groups in total. The average molecular weight is 289 g/mol. The molecule has 1 fully saturated rings. The van der Waals surface area contributed by atoms with Crippen molar-refractivity contribution in [2.24, 2.45) is 0 Å². The summed E-state index contributed by atoms with van der Waals surface area (Å²) in [6.45, 7) is 6.65. The van der Waals surface area contributed by atoms with Crippen molar-refractivity contribution < 1.29 is 9.53 Å². The number of carbonyl (C=O) groups is 1. The highest BCUT2D eigenvalue weighted by Gasteiger charge is 2.28. The molecular weight excluding hydrogens is 266 g/mol. The summed E-state index contributed by atoms with van der Waals surface area (Å²) in [5.74, 6) is 0. The molecule has 3 rings (SSSR count). The molecule has 0 aliphatic carbocycles. The van der Waals surface area contributed by atoms with Gasteiger partial charge in [0.1, 0.15) is 0 Å².